The highest BCUT2D eigenvalue weighted by molar-refractivity contribution is 7.91. The van der Waals surface area contributed by atoms with Gasteiger partial charge in [0.2, 0.25) is 0 Å². The first kappa shape index (κ1) is 30.5. The third-order valence-electron chi connectivity index (χ3n) is 14.8. The molecule has 1 N–H and O–H groups in total. The van der Waals surface area contributed by atoms with Gasteiger partial charge in [-0.15, -0.1) is 0 Å². The van der Waals surface area contributed by atoms with Gasteiger partial charge < -0.3 is 10.2 Å². The Balaban J connectivity index is 1.08. The zero-order valence-electron chi connectivity index (χ0n) is 27.8. The van der Waals surface area contributed by atoms with Gasteiger partial charge in [-0.05, 0) is 122 Å². The van der Waals surface area contributed by atoms with Crippen molar-refractivity contribution in [1.29, 1.82) is 0 Å². The third-order valence-corrected chi connectivity index (χ3v) is 16.4. The van der Waals surface area contributed by atoms with E-state index < -0.39 is 9.84 Å². The largest absolute Gasteiger partial charge is 0.310 e. The van der Waals surface area contributed by atoms with Gasteiger partial charge >= 0.3 is 0 Å². The maximum atomic E-state index is 11.9. The molecule has 238 valence electrons. The topological polar surface area (TPSA) is 49.4 Å². The molecule has 5 aliphatic carbocycles. The lowest BCUT2D eigenvalue weighted by Crippen LogP contribution is -2.63. The fourth-order valence-corrected chi connectivity index (χ4v) is 14.1. The van der Waals surface area contributed by atoms with Crippen molar-refractivity contribution < 1.29 is 8.42 Å². The second-order valence-electron chi connectivity index (χ2n) is 17.0. The Morgan fingerprint density at radius 1 is 0.837 bits per heavy atom. The number of hydrogen-bond donors (Lipinski definition) is 1. The highest BCUT2D eigenvalue weighted by atomic mass is 32.2. The minimum Gasteiger partial charge on any atom is -0.310 e. The maximum absolute atomic E-state index is 11.9. The monoisotopic (exact) mass is 606 g/mol. The Hall–Kier alpha value is -1.17. The zero-order valence-corrected chi connectivity index (χ0v) is 28.6. The van der Waals surface area contributed by atoms with Gasteiger partial charge in [0.15, 0.2) is 9.84 Å². The summed E-state index contributed by atoms with van der Waals surface area (Å²) in [5.74, 6) is 4.82. The second kappa shape index (κ2) is 10.7. The number of nitrogens with one attached hydrogen (secondary N) is 1. The van der Waals surface area contributed by atoms with E-state index in [1.807, 2.05) is 0 Å². The van der Waals surface area contributed by atoms with Crippen molar-refractivity contribution in [1.82, 2.24) is 10.2 Å². The fourth-order valence-electron chi connectivity index (χ4n) is 12.8. The molecule has 1 aromatic rings. The predicted molar refractivity (Wildman–Crippen MR) is 179 cm³/mol. The van der Waals surface area contributed by atoms with Crippen LogP contribution in [-0.2, 0) is 9.84 Å². The molecule has 0 aromatic heterocycles. The van der Waals surface area contributed by atoms with Crippen LogP contribution < -0.4 is 5.32 Å². The summed E-state index contributed by atoms with van der Waals surface area (Å²) in [5.41, 5.74) is 5.77. The van der Waals surface area contributed by atoms with E-state index in [0.717, 1.165) is 42.7 Å². The van der Waals surface area contributed by atoms with Gasteiger partial charge in [0.1, 0.15) is 0 Å². The quantitative estimate of drug-likeness (QED) is 0.377. The number of sulfone groups is 1. The van der Waals surface area contributed by atoms with E-state index in [9.17, 15) is 8.42 Å². The first-order valence-electron chi connectivity index (χ1n) is 17.8. The van der Waals surface area contributed by atoms with Gasteiger partial charge in [0, 0.05) is 31.7 Å². The van der Waals surface area contributed by atoms with Crippen molar-refractivity contribution in [3.63, 3.8) is 0 Å². The van der Waals surface area contributed by atoms with E-state index >= 15 is 0 Å². The lowest BCUT2D eigenvalue weighted by molar-refractivity contribution is -0.172. The molecule has 1 saturated heterocycles. The Labute approximate surface area is 262 Å². The Morgan fingerprint density at radius 3 is 2.33 bits per heavy atom. The number of benzene rings is 1. The minimum absolute atomic E-state index is 0.204. The molecule has 0 amide bonds. The molecule has 0 spiro atoms. The summed E-state index contributed by atoms with van der Waals surface area (Å²) in [7, 11) is -2.81. The first-order chi connectivity index (χ1) is 20.4. The van der Waals surface area contributed by atoms with Gasteiger partial charge in [-0.1, -0.05) is 70.0 Å². The second-order valence-corrected chi connectivity index (χ2v) is 19.3. The van der Waals surface area contributed by atoms with E-state index in [1.165, 1.54) is 75.3 Å². The van der Waals surface area contributed by atoms with Crippen LogP contribution in [0.2, 0.25) is 0 Å². The minimum atomic E-state index is -2.81. The van der Waals surface area contributed by atoms with Crippen LogP contribution in [0.1, 0.15) is 103 Å². The van der Waals surface area contributed by atoms with Gasteiger partial charge in [0.05, 0.1) is 11.5 Å². The molecule has 4 saturated carbocycles. The standard InChI is InChI=1S/C38H58N2O2S/c1-27-8-10-28(11-9-27)30-14-18-37(5)33(35(30,2)3)16-19-36(4)31-15-20-38(17-6-7-32(38)29(31)12-13-34(36)37)39-21-22-40-23-25-43(41,42)26-24-40/h8-11,14,29,31-34,39H,6-7,12-13,15-26H2,1-5H3. The van der Waals surface area contributed by atoms with Crippen LogP contribution in [0.3, 0.4) is 0 Å². The van der Waals surface area contributed by atoms with Crippen LogP contribution in [0, 0.1) is 52.8 Å². The number of fused-ring (bicyclic) bond motifs is 7. The number of rotatable bonds is 5. The number of aryl methyl sites for hydroxylation is 1. The molecule has 8 unspecified atom stereocenters. The highest BCUT2D eigenvalue weighted by Crippen LogP contribution is 2.72. The summed E-state index contributed by atoms with van der Waals surface area (Å²) < 4.78 is 23.8. The van der Waals surface area contributed by atoms with E-state index in [2.05, 4.69) is 75.2 Å². The molecule has 6 aliphatic rings. The molecular weight excluding hydrogens is 548 g/mol. The molecule has 1 aromatic carbocycles. The lowest BCUT2D eigenvalue weighted by atomic mass is 9.37. The Bertz CT molecular complexity index is 1340. The number of nitrogens with zero attached hydrogens (tertiary/aromatic N) is 1. The molecule has 7 rings (SSSR count). The van der Waals surface area contributed by atoms with E-state index in [-0.39, 0.29) is 5.41 Å². The summed E-state index contributed by atoms with van der Waals surface area (Å²) in [6, 6.07) is 9.32. The number of hydrogen-bond acceptors (Lipinski definition) is 4. The molecular formula is C38H58N2O2S. The SMILES string of the molecule is Cc1ccc(C2=CCC3(C)C(CCC4(C)C5CCC6(NCCN7CCS(=O)(=O)CC7)CCCC6C5CCC43)C2(C)C)cc1. The summed E-state index contributed by atoms with van der Waals surface area (Å²) in [6.45, 7) is 16.2. The van der Waals surface area contributed by atoms with Crippen LogP contribution in [-0.4, -0.2) is 56.5 Å². The molecule has 1 heterocycles. The van der Waals surface area contributed by atoms with Gasteiger partial charge in [0.25, 0.3) is 0 Å². The van der Waals surface area contributed by atoms with Crippen molar-refractivity contribution >= 4 is 15.4 Å². The summed E-state index contributed by atoms with van der Waals surface area (Å²) >= 11 is 0. The average molecular weight is 607 g/mol. The lowest BCUT2D eigenvalue weighted by Gasteiger charge is -2.68. The van der Waals surface area contributed by atoms with E-state index in [0.29, 0.717) is 41.0 Å². The zero-order chi connectivity index (χ0) is 30.3. The Kier molecular flexibility index (Phi) is 7.58. The molecule has 5 heteroatoms. The molecule has 43 heavy (non-hydrogen) atoms. The highest BCUT2D eigenvalue weighted by Gasteiger charge is 2.65. The van der Waals surface area contributed by atoms with Crippen LogP contribution in [0.15, 0.2) is 30.3 Å². The summed E-state index contributed by atoms with van der Waals surface area (Å²) in [4.78, 5) is 2.37. The third kappa shape index (κ3) is 4.92. The van der Waals surface area contributed by atoms with Gasteiger partial charge in [-0.3, -0.25) is 0 Å². The van der Waals surface area contributed by atoms with Crippen LogP contribution in [0.5, 0.6) is 0 Å². The van der Waals surface area contributed by atoms with Gasteiger partial charge in [-0.2, -0.15) is 0 Å². The van der Waals surface area contributed by atoms with Crippen molar-refractivity contribution in [3.05, 3.63) is 41.5 Å². The van der Waals surface area contributed by atoms with Crippen LogP contribution in [0.4, 0.5) is 0 Å². The average Bonchev–Trinajstić information content (AvgIpc) is 3.39. The van der Waals surface area contributed by atoms with Crippen molar-refractivity contribution in [3.8, 4) is 0 Å². The normalized spacial score (nSPS) is 43.6. The smallest absolute Gasteiger partial charge is 0.152 e. The molecule has 4 nitrogen and oxygen atoms in total. The molecule has 0 radical (unpaired) electrons. The molecule has 5 fully saturated rings. The molecule has 0 bridgehead atoms. The Morgan fingerprint density at radius 2 is 1.58 bits per heavy atom. The molecule has 1 aliphatic heterocycles. The van der Waals surface area contributed by atoms with Crippen molar-refractivity contribution in [2.45, 2.75) is 104 Å². The van der Waals surface area contributed by atoms with Gasteiger partial charge in [-0.25, -0.2) is 8.42 Å². The van der Waals surface area contributed by atoms with Crippen molar-refractivity contribution in [2.75, 3.05) is 37.7 Å². The summed E-state index contributed by atoms with van der Waals surface area (Å²) in [5, 5.41) is 4.17. The van der Waals surface area contributed by atoms with E-state index in [1.54, 1.807) is 5.57 Å². The summed E-state index contributed by atoms with van der Waals surface area (Å²) in [6.07, 6.45) is 16.4. The predicted octanol–water partition coefficient (Wildman–Crippen LogP) is 7.53. The van der Waals surface area contributed by atoms with E-state index in [4.69, 9.17) is 0 Å². The van der Waals surface area contributed by atoms with Crippen LogP contribution >= 0.6 is 0 Å². The maximum Gasteiger partial charge on any atom is 0.152 e. The number of allylic oxidation sites excluding steroid dienone is 2. The molecule has 8 atom stereocenters. The fraction of sp³-hybridized carbons (Fsp3) is 0.789. The van der Waals surface area contributed by atoms with Crippen LogP contribution in [0.25, 0.3) is 5.57 Å². The van der Waals surface area contributed by atoms with Crippen molar-refractivity contribution in [2.24, 2.45) is 45.8 Å². The first-order valence-corrected chi connectivity index (χ1v) is 19.7.